The van der Waals surface area contributed by atoms with E-state index in [1.807, 2.05) is 12.1 Å². The molecule has 4 nitrogen and oxygen atoms in total. The van der Waals surface area contributed by atoms with Crippen molar-refractivity contribution in [1.82, 2.24) is 5.43 Å². The SMILES string of the molecule is COCCOCCC(Cc1cccc(Br)c1)NN. The molecule has 1 atom stereocenters. The highest BCUT2D eigenvalue weighted by Gasteiger charge is 2.07. The third kappa shape index (κ3) is 6.47. The fourth-order valence-corrected chi connectivity index (χ4v) is 2.11. The lowest BCUT2D eigenvalue weighted by Crippen LogP contribution is -2.37. The van der Waals surface area contributed by atoms with Crippen LogP contribution in [0.2, 0.25) is 0 Å². The van der Waals surface area contributed by atoms with Crippen LogP contribution in [-0.2, 0) is 15.9 Å². The number of methoxy groups -OCH3 is 1. The molecule has 0 aromatic heterocycles. The van der Waals surface area contributed by atoms with Gasteiger partial charge >= 0.3 is 0 Å². The van der Waals surface area contributed by atoms with Gasteiger partial charge in [0.05, 0.1) is 13.2 Å². The molecule has 0 aliphatic carbocycles. The minimum atomic E-state index is 0.224. The lowest BCUT2D eigenvalue weighted by atomic mass is 10.0. The van der Waals surface area contributed by atoms with Gasteiger partial charge in [-0.3, -0.25) is 11.3 Å². The van der Waals surface area contributed by atoms with Crippen molar-refractivity contribution in [3.8, 4) is 0 Å². The Morgan fingerprint density at radius 2 is 2.17 bits per heavy atom. The fourth-order valence-electron chi connectivity index (χ4n) is 1.66. The average Bonchev–Trinajstić information content (AvgIpc) is 2.37. The average molecular weight is 317 g/mol. The minimum absolute atomic E-state index is 0.224. The van der Waals surface area contributed by atoms with Crippen LogP contribution in [0.5, 0.6) is 0 Å². The van der Waals surface area contributed by atoms with Crippen LogP contribution in [0.25, 0.3) is 0 Å². The van der Waals surface area contributed by atoms with Crippen LogP contribution in [0.15, 0.2) is 28.7 Å². The summed E-state index contributed by atoms with van der Waals surface area (Å²) in [5, 5.41) is 0. The maximum atomic E-state index is 5.56. The zero-order chi connectivity index (χ0) is 13.2. The third-order valence-corrected chi connectivity index (χ3v) is 3.14. The molecule has 0 saturated carbocycles. The highest BCUT2D eigenvalue weighted by molar-refractivity contribution is 9.10. The van der Waals surface area contributed by atoms with Crippen LogP contribution < -0.4 is 11.3 Å². The first-order chi connectivity index (χ1) is 8.76. The number of nitrogens with one attached hydrogen (secondary N) is 1. The van der Waals surface area contributed by atoms with E-state index in [2.05, 4.69) is 33.5 Å². The van der Waals surface area contributed by atoms with E-state index in [-0.39, 0.29) is 6.04 Å². The number of halogens is 1. The molecule has 3 N–H and O–H groups in total. The molecule has 5 heteroatoms. The number of nitrogens with two attached hydrogens (primary N) is 1. The van der Waals surface area contributed by atoms with Crippen molar-refractivity contribution in [2.24, 2.45) is 5.84 Å². The first kappa shape index (κ1) is 15.6. The summed E-state index contributed by atoms with van der Waals surface area (Å²) in [6.45, 7) is 1.95. The Labute approximate surface area is 117 Å². The summed E-state index contributed by atoms with van der Waals surface area (Å²) in [5.41, 5.74) is 4.09. The highest BCUT2D eigenvalue weighted by Crippen LogP contribution is 2.13. The molecule has 0 aliphatic rings. The molecule has 0 saturated heterocycles. The summed E-state index contributed by atoms with van der Waals surface area (Å²) in [4.78, 5) is 0. The van der Waals surface area contributed by atoms with Crippen LogP contribution in [0.1, 0.15) is 12.0 Å². The van der Waals surface area contributed by atoms with Crippen molar-refractivity contribution in [3.05, 3.63) is 34.3 Å². The van der Waals surface area contributed by atoms with E-state index in [0.717, 1.165) is 17.3 Å². The van der Waals surface area contributed by atoms with Crippen molar-refractivity contribution in [2.45, 2.75) is 18.9 Å². The number of hydrogen-bond donors (Lipinski definition) is 2. The fraction of sp³-hybridized carbons (Fsp3) is 0.538. The molecule has 0 bridgehead atoms. The summed E-state index contributed by atoms with van der Waals surface area (Å²) < 4.78 is 11.4. The molecule has 0 spiro atoms. The number of hydrazine groups is 1. The lowest BCUT2D eigenvalue weighted by Gasteiger charge is -2.16. The molecule has 0 aliphatic heterocycles. The first-order valence-electron chi connectivity index (χ1n) is 6.03. The highest BCUT2D eigenvalue weighted by atomic mass is 79.9. The predicted octanol–water partition coefficient (Wildman–Crippen LogP) is 1.88. The smallest absolute Gasteiger partial charge is 0.0700 e. The Bertz CT molecular complexity index is 337. The van der Waals surface area contributed by atoms with E-state index in [4.69, 9.17) is 15.3 Å². The monoisotopic (exact) mass is 316 g/mol. The van der Waals surface area contributed by atoms with Crippen molar-refractivity contribution >= 4 is 15.9 Å². The number of hydrogen-bond acceptors (Lipinski definition) is 4. The molecule has 102 valence electrons. The van der Waals surface area contributed by atoms with E-state index in [1.165, 1.54) is 5.56 Å². The van der Waals surface area contributed by atoms with Gasteiger partial charge in [0.1, 0.15) is 0 Å². The standard InChI is InChI=1S/C13H21BrN2O2/c1-17-7-8-18-6-5-13(16-15)10-11-3-2-4-12(14)9-11/h2-4,9,13,16H,5-8,10,15H2,1H3. The van der Waals surface area contributed by atoms with E-state index in [1.54, 1.807) is 7.11 Å². The summed E-state index contributed by atoms with van der Waals surface area (Å²) in [5.74, 6) is 5.56. The largest absolute Gasteiger partial charge is 0.382 e. The molecule has 0 radical (unpaired) electrons. The number of rotatable bonds is 9. The van der Waals surface area contributed by atoms with Crippen LogP contribution in [-0.4, -0.2) is 33.0 Å². The molecule has 1 aromatic carbocycles. The molecular formula is C13H21BrN2O2. The molecule has 18 heavy (non-hydrogen) atoms. The normalized spacial score (nSPS) is 12.6. The van der Waals surface area contributed by atoms with Gasteiger partial charge < -0.3 is 9.47 Å². The van der Waals surface area contributed by atoms with Gasteiger partial charge in [0.25, 0.3) is 0 Å². The van der Waals surface area contributed by atoms with Crippen molar-refractivity contribution in [2.75, 3.05) is 26.9 Å². The Hall–Kier alpha value is -0.460. The van der Waals surface area contributed by atoms with Gasteiger partial charge in [-0.15, -0.1) is 0 Å². The van der Waals surface area contributed by atoms with Gasteiger partial charge in [-0.2, -0.15) is 0 Å². The van der Waals surface area contributed by atoms with Crippen LogP contribution in [0.3, 0.4) is 0 Å². The topological polar surface area (TPSA) is 56.5 Å². The van der Waals surface area contributed by atoms with Gasteiger partial charge in [-0.25, -0.2) is 0 Å². The third-order valence-electron chi connectivity index (χ3n) is 2.65. The van der Waals surface area contributed by atoms with Crippen LogP contribution in [0.4, 0.5) is 0 Å². The van der Waals surface area contributed by atoms with E-state index in [9.17, 15) is 0 Å². The maximum Gasteiger partial charge on any atom is 0.0700 e. The summed E-state index contributed by atoms with van der Waals surface area (Å²) in [6.07, 6.45) is 1.77. The lowest BCUT2D eigenvalue weighted by molar-refractivity contribution is 0.0658. The van der Waals surface area contributed by atoms with E-state index >= 15 is 0 Å². The summed E-state index contributed by atoms with van der Waals surface area (Å²) in [6, 6.07) is 8.48. The molecule has 0 fully saturated rings. The maximum absolute atomic E-state index is 5.56. The van der Waals surface area contributed by atoms with Crippen molar-refractivity contribution in [3.63, 3.8) is 0 Å². The second-order valence-corrected chi connectivity index (χ2v) is 5.01. The van der Waals surface area contributed by atoms with E-state index < -0.39 is 0 Å². The molecule has 1 aromatic rings. The van der Waals surface area contributed by atoms with Gasteiger partial charge in [0, 0.05) is 24.2 Å². The Morgan fingerprint density at radius 1 is 1.33 bits per heavy atom. The molecule has 1 rings (SSSR count). The Balaban J connectivity index is 2.28. The Kier molecular flexibility index (Phi) is 8.20. The number of benzene rings is 1. The van der Waals surface area contributed by atoms with Gasteiger partial charge in [0.2, 0.25) is 0 Å². The zero-order valence-corrected chi connectivity index (χ0v) is 12.3. The van der Waals surface area contributed by atoms with Gasteiger partial charge in [-0.1, -0.05) is 28.1 Å². The summed E-state index contributed by atoms with van der Waals surface area (Å²) >= 11 is 3.46. The minimum Gasteiger partial charge on any atom is -0.382 e. The van der Waals surface area contributed by atoms with Crippen LogP contribution in [0, 0.1) is 0 Å². The van der Waals surface area contributed by atoms with Crippen molar-refractivity contribution in [1.29, 1.82) is 0 Å². The second-order valence-electron chi connectivity index (χ2n) is 4.09. The van der Waals surface area contributed by atoms with Crippen LogP contribution >= 0.6 is 15.9 Å². The zero-order valence-electron chi connectivity index (χ0n) is 10.7. The second kappa shape index (κ2) is 9.47. The van der Waals surface area contributed by atoms with Gasteiger partial charge in [0.15, 0.2) is 0 Å². The number of ether oxygens (including phenoxy) is 2. The predicted molar refractivity (Wildman–Crippen MR) is 76.3 cm³/mol. The summed E-state index contributed by atoms with van der Waals surface area (Å²) in [7, 11) is 1.67. The van der Waals surface area contributed by atoms with Gasteiger partial charge in [-0.05, 0) is 30.5 Å². The molecule has 0 heterocycles. The molecule has 1 unspecified atom stereocenters. The van der Waals surface area contributed by atoms with Crippen molar-refractivity contribution < 1.29 is 9.47 Å². The Morgan fingerprint density at radius 3 is 2.83 bits per heavy atom. The first-order valence-corrected chi connectivity index (χ1v) is 6.83. The quantitative estimate of drug-likeness (QED) is 0.415. The molecular weight excluding hydrogens is 296 g/mol. The molecule has 0 amide bonds. The van der Waals surface area contributed by atoms with E-state index in [0.29, 0.717) is 19.8 Å².